The number of rotatable bonds is 5. The van der Waals surface area contributed by atoms with E-state index in [1.165, 1.54) is 0 Å². The molecule has 0 fully saturated rings. The molecule has 0 unspecified atom stereocenters. The van der Waals surface area contributed by atoms with Crippen molar-refractivity contribution in [3.05, 3.63) is 29.8 Å². The van der Waals surface area contributed by atoms with E-state index in [4.69, 9.17) is 10.5 Å². The Balaban J connectivity index is 0.00000256. The second kappa shape index (κ2) is 7.92. The van der Waals surface area contributed by atoms with Crippen molar-refractivity contribution < 1.29 is 9.53 Å². The molecular weight excluding hydrogens is 240 g/mol. The number of nitrogens with one attached hydrogen (secondary N) is 1. The maximum atomic E-state index is 11.6. The van der Waals surface area contributed by atoms with Crippen LogP contribution in [0.2, 0.25) is 0 Å². The Hall–Kier alpha value is -1.26. The third kappa shape index (κ3) is 5.56. The van der Waals surface area contributed by atoms with Gasteiger partial charge in [0.05, 0.1) is 13.5 Å². The summed E-state index contributed by atoms with van der Waals surface area (Å²) in [6.07, 6.45) is 0.349. The van der Waals surface area contributed by atoms with E-state index in [9.17, 15) is 4.79 Å². The van der Waals surface area contributed by atoms with Gasteiger partial charge in [-0.15, -0.1) is 12.4 Å². The predicted molar refractivity (Wildman–Crippen MR) is 70.6 cm³/mol. The fourth-order valence-corrected chi connectivity index (χ4v) is 1.35. The summed E-state index contributed by atoms with van der Waals surface area (Å²) in [4.78, 5) is 11.6. The highest BCUT2D eigenvalue weighted by Crippen LogP contribution is 2.12. The molecule has 0 radical (unpaired) electrons. The van der Waals surface area contributed by atoms with E-state index in [2.05, 4.69) is 5.32 Å². The average Bonchev–Trinajstić information content (AvgIpc) is 2.28. The summed E-state index contributed by atoms with van der Waals surface area (Å²) in [6, 6.07) is 7.48. The Morgan fingerprint density at radius 2 is 2.24 bits per heavy atom. The van der Waals surface area contributed by atoms with Crippen molar-refractivity contribution in [3.8, 4) is 5.75 Å². The van der Waals surface area contributed by atoms with Crippen LogP contribution in [0.4, 0.5) is 0 Å². The molecule has 1 amide bonds. The summed E-state index contributed by atoms with van der Waals surface area (Å²) < 4.78 is 5.09. The van der Waals surface area contributed by atoms with Crippen molar-refractivity contribution in [2.75, 3.05) is 13.7 Å². The zero-order chi connectivity index (χ0) is 12.0. The van der Waals surface area contributed by atoms with E-state index in [-0.39, 0.29) is 24.4 Å². The number of benzene rings is 1. The lowest BCUT2D eigenvalue weighted by molar-refractivity contribution is -0.120. The quantitative estimate of drug-likeness (QED) is 0.832. The highest BCUT2D eigenvalue weighted by molar-refractivity contribution is 5.85. The Bertz CT molecular complexity index is 358. The lowest BCUT2D eigenvalue weighted by Gasteiger charge is -2.11. The Morgan fingerprint density at radius 1 is 1.53 bits per heavy atom. The number of halogens is 1. The molecule has 0 heterocycles. The number of hydrogen-bond donors (Lipinski definition) is 2. The molecule has 0 saturated carbocycles. The molecule has 1 atom stereocenters. The van der Waals surface area contributed by atoms with Gasteiger partial charge in [0, 0.05) is 12.6 Å². The van der Waals surface area contributed by atoms with Crippen LogP contribution < -0.4 is 15.8 Å². The maximum absolute atomic E-state index is 11.6. The van der Waals surface area contributed by atoms with Crippen LogP contribution in [0.5, 0.6) is 5.75 Å². The first-order chi connectivity index (χ1) is 7.65. The van der Waals surface area contributed by atoms with E-state index in [1.54, 1.807) is 7.11 Å². The van der Waals surface area contributed by atoms with E-state index in [0.29, 0.717) is 13.0 Å². The molecule has 5 heteroatoms. The van der Waals surface area contributed by atoms with Crippen LogP contribution >= 0.6 is 12.4 Å². The number of methoxy groups -OCH3 is 1. The smallest absolute Gasteiger partial charge is 0.224 e. The molecule has 0 aromatic heterocycles. The number of amides is 1. The first kappa shape index (κ1) is 15.7. The number of carbonyl (C=O) groups excluding carboxylic acids is 1. The van der Waals surface area contributed by atoms with Gasteiger partial charge in [-0.25, -0.2) is 0 Å². The lowest BCUT2D eigenvalue weighted by Crippen LogP contribution is -2.38. The fourth-order valence-electron chi connectivity index (χ4n) is 1.35. The first-order valence-electron chi connectivity index (χ1n) is 5.28. The molecule has 96 valence electrons. The summed E-state index contributed by atoms with van der Waals surface area (Å²) in [6.45, 7) is 2.33. The molecule has 4 nitrogen and oxygen atoms in total. The summed E-state index contributed by atoms with van der Waals surface area (Å²) in [7, 11) is 1.61. The van der Waals surface area contributed by atoms with Crippen LogP contribution in [0.15, 0.2) is 24.3 Å². The Labute approximate surface area is 108 Å². The molecule has 17 heavy (non-hydrogen) atoms. The molecule has 0 saturated heterocycles. The first-order valence-corrected chi connectivity index (χ1v) is 5.28. The minimum atomic E-state index is -0.0220. The van der Waals surface area contributed by atoms with Crippen LogP contribution in [0.25, 0.3) is 0 Å². The molecule has 1 aromatic carbocycles. The Kier molecular flexibility index (Phi) is 7.34. The van der Waals surface area contributed by atoms with Gasteiger partial charge in [0.15, 0.2) is 0 Å². The number of hydrogen-bond acceptors (Lipinski definition) is 3. The van der Waals surface area contributed by atoms with Crippen LogP contribution in [-0.2, 0) is 11.2 Å². The molecule has 1 rings (SSSR count). The minimum absolute atomic E-state index is 0. The number of nitrogens with two attached hydrogens (primary N) is 1. The van der Waals surface area contributed by atoms with Crippen molar-refractivity contribution >= 4 is 18.3 Å². The van der Waals surface area contributed by atoms with Crippen molar-refractivity contribution in [2.45, 2.75) is 19.4 Å². The topological polar surface area (TPSA) is 64.3 Å². The van der Waals surface area contributed by atoms with Gasteiger partial charge in [0.2, 0.25) is 5.91 Å². The van der Waals surface area contributed by atoms with E-state index < -0.39 is 0 Å². The minimum Gasteiger partial charge on any atom is -0.497 e. The monoisotopic (exact) mass is 258 g/mol. The molecule has 0 aliphatic carbocycles. The van der Waals surface area contributed by atoms with Crippen molar-refractivity contribution in [1.82, 2.24) is 5.32 Å². The predicted octanol–water partition coefficient (Wildman–Crippen LogP) is 1.12. The van der Waals surface area contributed by atoms with Crippen molar-refractivity contribution in [1.29, 1.82) is 0 Å². The highest BCUT2D eigenvalue weighted by Gasteiger charge is 2.07. The van der Waals surface area contributed by atoms with Gasteiger partial charge < -0.3 is 15.8 Å². The molecule has 0 aliphatic heterocycles. The highest BCUT2D eigenvalue weighted by atomic mass is 35.5. The summed E-state index contributed by atoms with van der Waals surface area (Å²) in [5, 5.41) is 2.81. The van der Waals surface area contributed by atoms with Gasteiger partial charge >= 0.3 is 0 Å². The largest absolute Gasteiger partial charge is 0.497 e. The van der Waals surface area contributed by atoms with E-state index in [1.807, 2.05) is 31.2 Å². The number of ether oxygens (including phenoxy) is 1. The summed E-state index contributed by atoms with van der Waals surface area (Å²) >= 11 is 0. The SMILES string of the molecule is COc1cccc(CC(=O)N[C@H](C)CN)c1.Cl. The van der Waals surface area contributed by atoms with Gasteiger partial charge in [0.25, 0.3) is 0 Å². The summed E-state index contributed by atoms with van der Waals surface area (Å²) in [5.41, 5.74) is 6.36. The van der Waals surface area contributed by atoms with Crippen LogP contribution in [0, 0.1) is 0 Å². The van der Waals surface area contributed by atoms with Gasteiger partial charge in [-0.05, 0) is 24.6 Å². The van der Waals surface area contributed by atoms with Gasteiger partial charge in [-0.2, -0.15) is 0 Å². The molecule has 0 spiro atoms. The third-order valence-corrected chi connectivity index (χ3v) is 2.26. The maximum Gasteiger partial charge on any atom is 0.224 e. The zero-order valence-corrected chi connectivity index (χ0v) is 10.9. The normalized spacial score (nSPS) is 11.2. The van der Waals surface area contributed by atoms with Gasteiger partial charge in [0.1, 0.15) is 5.75 Å². The number of carbonyl (C=O) groups is 1. The lowest BCUT2D eigenvalue weighted by atomic mass is 10.1. The standard InChI is InChI=1S/C12H18N2O2.ClH/c1-9(8-13)14-12(15)7-10-4-3-5-11(6-10)16-2;/h3-6,9H,7-8,13H2,1-2H3,(H,14,15);1H/t9-;/m1./s1. The molecule has 0 aliphatic rings. The zero-order valence-electron chi connectivity index (χ0n) is 10.1. The van der Waals surface area contributed by atoms with Gasteiger partial charge in [-0.1, -0.05) is 12.1 Å². The van der Waals surface area contributed by atoms with Crippen LogP contribution in [0.1, 0.15) is 12.5 Å². The second-order valence-electron chi connectivity index (χ2n) is 3.73. The van der Waals surface area contributed by atoms with Gasteiger partial charge in [-0.3, -0.25) is 4.79 Å². The van der Waals surface area contributed by atoms with E-state index >= 15 is 0 Å². The van der Waals surface area contributed by atoms with Crippen LogP contribution in [-0.4, -0.2) is 25.6 Å². The molecule has 3 N–H and O–H groups in total. The Morgan fingerprint density at radius 3 is 2.82 bits per heavy atom. The second-order valence-corrected chi connectivity index (χ2v) is 3.73. The van der Waals surface area contributed by atoms with Crippen molar-refractivity contribution in [2.24, 2.45) is 5.73 Å². The average molecular weight is 259 g/mol. The van der Waals surface area contributed by atoms with Crippen molar-refractivity contribution in [3.63, 3.8) is 0 Å². The summed E-state index contributed by atoms with van der Waals surface area (Å²) in [5.74, 6) is 0.739. The fraction of sp³-hybridized carbons (Fsp3) is 0.417. The van der Waals surface area contributed by atoms with Crippen LogP contribution in [0.3, 0.4) is 0 Å². The van der Waals surface area contributed by atoms with E-state index in [0.717, 1.165) is 11.3 Å². The molecular formula is C12H19ClN2O2. The molecule has 1 aromatic rings. The molecule has 0 bridgehead atoms. The third-order valence-electron chi connectivity index (χ3n) is 2.26.